The fourth-order valence-electron chi connectivity index (χ4n) is 3.10. The molecule has 4 aromatic carbocycles. The predicted octanol–water partition coefficient (Wildman–Crippen LogP) is 7.05. The van der Waals surface area contributed by atoms with Gasteiger partial charge in [-0.05, 0) is 60.7 Å². The first-order chi connectivity index (χ1) is 14.6. The van der Waals surface area contributed by atoms with Crippen molar-refractivity contribution >= 4 is 34.9 Å². The van der Waals surface area contributed by atoms with Gasteiger partial charge in [0.1, 0.15) is 23.0 Å². The Hall–Kier alpha value is -3.22. The number of anilines is 2. The molecule has 1 aliphatic rings. The molecule has 4 aromatic rings. The first kappa shape index (κ1) is 18.8. The summed E-state index contributed by atoms with van der Waals surface area (Å²) >= 11 is 3.45. The second-order valence-electron chi connectivity index (χ2n) is 6.77. The Kier molecular flexibility index (Phi) is 4.94. The van der Waals surface area contributed by atoms with Crippen LogP contribution < -0.4 is 20.9 Å². The lowest BCUT2D eigenvalue weighted by atomic mass is 10.3. The largest absolute Gasteiger partial charge is 0.457 e. The van der Waals surface area contributed by atoms with Crippen molar-refractivity contribution in [3.63, 3.8) is 0 Å². The fourth-order valence-corrected chi connectivity index (χ4v) is 5.35. The zero-order valence-electron chi connectivity index (χ0n) is 15.9. The maximum absolute atomic E-state index is 5.98. The van der Waals surface area contributed by atoms with Crippen LogP contribution in [-0.4, -0.2) is 0 Å². The maximum atomic E-state index is 5.98. The zero-order chi connectivity index (χ0) is 20.5. The van der Waals surface area contributed by atoms with E-state index in [4.69, 9.17) is 20.9 Å². The van der Waals surface area contributed by atoms with Crippen LogP contribution in [0, 0.1) is 0 Å². The average Bonchev–Trinajstić information content (AvgIpc) is 2.72. The minimum Gasteiger partial charge on any atom is -0.457 e. The normalized spacial score (nSPS) is 12.0. The molecule has 0 atom stereocenters. The molecule has 0 fully saturated rings. The molecule has 30 heavy (non-hydrogen) atoms. The molecule has 0 unspecified atom stereocenters. The predicted molar refractivity (Wildman–Crippen MR) is 123 cm³/mol. The standard InChI is InChI=1S/C24H18N2O2S2/c25-15-3-1-5-17(11-15)27-19-7-9-21-23(13-19)29-22-10-8-20(14-24(22)30-21)28-18-6-2-4-16(26)12-18/h1-14H,25-26H2. The summed E-state index contributed by atoms with van der Waals surface area (Å²) in [6.07, 6.45) is 0. The summed E-state index contributed by atoms with van der Waals surface area (Å²) < 4.78 is 12.0. The van der Waals surface area contributed by atoms with E-state index in [1.54, 1.807) is 23.5 Å². The molecule has 0 saturated carbocycles. The molecular weight excluding hydrogens is 412 g/mol. The van der Waals surface area contributed by atoms with Gasteiger partial charge in [0.15, 0.2) is 0 Å². The van der Waals surface area contributed by atoms with Gasteiger partial charge < -0.3 is 20.9 Å². The highest BCUT2D eigenvalue weighted by atomic mass is 32.2. The molecule has 1 heterocycles. The summed E-state index contributed by atoms with van der Waals surface area (Å²) in [5.74, 6) is 3.04. The smallest absolute Gasteiger partial charge is 0.129 e. The van der Waals surface area contributed by atoms with E-state index in [1.165, 1.54) is 19.6 Å². The average molecular weight is 431 g/mol. The van der Waals surface area contributed by atoms with Crippen molar-refractivity contribution in [1.29, 1.82) is 0 Å². The van der Waals surface area contributed by atoms with Gasteiger partial charge in [0.2, 0.25) is 0 Å². The Morgan fingerprint density at radius 1 is 0.467 bits per heavy atom. The van der Waals surface area contributed by atoms with Crippen molar-refractivity contribution in [2.24, 2.45) is 0 Å². The fraction of sp³-hybridized carbons (Fsp3) is 0. The minimum absolute atomic E-state index is 0.681. The highest BCUT2D eigenvalue weighted by Crippen LogP contribution is 2.50. The van der Waals surface area contributed by atoms with Gasteiger partial charge in [0.05, 0.1) is 0 Å². The van der Waals surface area contributed by atoms with Crippen LogP contribution in [0.25, 0.3) is 0 Å². The lowest BCUT2D eigenvalue weighted by molar-refractivity contribution is 0.480. The van der Waals surface area contributed by atoms with Gasteiger partial charge in [0, 0.05) is 43.1 Å². The van der Waals surface area contributed by atoms with Crippen LogP contribution in [-0.2, 0) is 0 Å². The Morgan fingerprint density at radius 2 is 0.900 bits per heavy atom. The molecule has 1 aliphatic heterocycles. The SMILES string of the molecule is Nc1cccc(Oc2ccc3c(c2)Sc2ccc(Oc4cccc(N)c4)cc2S3)c1. The Morgan fingerprint density at radius 3 is 1.33 bits per heavy atom. The molecule has 0 aliphatic carbocycles. The summed E-state index contributed by atoms with van der Waals surface area (Å²) in [5, 5.41) is 0. The lowest BCUT2D eigenvalue weighted by Crippen LogP contribution is -1.93. The number of hydrogen-bond donors (Lipinski definition) is 2. The van der Waals surface area contributed by atoms with Crippen LogP contribution in [0.4, 0.5) is 11.4 Å². The van der Waals surface area contributed by atoms with Crippen LogP contribution in [0.2, 0.25) is 0 Å². The molecule has 4 N–H and O–H groups in total. The third-order valence-corrected chi connectivity index (χ3v) is 6.98. The van der Waals surface area contributed by atoms with Crippen molar-refractivity contribution in [3.8, 4) is 23.0 Å². The van der Waals surface area contributed by atoms with E-state index in [0.717, 1.165) is 23.0 Å². The number of ether oxygens (including phenoxy) is 2. The molecular formula is C24H18N2O2S2. The molecule has 0 spiro atoms. The number of benzene rings is 4. The number of rotatable bonds is 4. The third-order valence-electron chi connectivity index (χ3n) is 4.46. The molecule has 148 valence electrons. The number of fused-ring (bicyclic) bond motifs is 2. The molecule has 0 amide bonds. The van der Waals surface area contributed by atoms with E-state index in [2.05, 4.69) is 24.3 Å². The molecule has 0 bridgehead atoms. The molecule has 4 nitrogen and oxygen atoms in total. The Bertz CT molecular complexity index is 1150. The van der Waals surface area contributed by atoms with E-state index >= 15 is 0 Å². The number of nitrogens with two attached hydrogens (primary N) is 2. The highest BCUT2D eigenvalue weighted by Gasteiger charge is 2.19. The summed E-state index contributed by atoms with van der Waals surface area (Å²) in [6.45, 7) is 0. The Balaban J connectivity index is 1.36. The molecule has 0 radical (unpaired) electrons. The summed E-state index contributed by atoms with van der Waals surface area (Å²) in [6, 6.07) is 27.1. The Labute approximate surface area is 183 Å². The minimum atomic E-state index is 0.681. The first-order valence-corrected chi connectivity index (χ1v) is 11.0. The van der Waals surface area contributed by atoms with Gasteiger partial charge in [-0.25, -0.2) is 0 Å². The van der Waals surface area contributed by atoms with Gasteiger partial charge >= 0.3 is 0 Å². The van der Waals surface area contributed by atoms with Crippen molar-refractivity contribution < 1.29 is 9.47 Å². The van der Waals surface area contributed by atoms with Crippen LogP contribution in [0.5, 0.6) is 23.0 Å². The third kappa shape index (κ3) is 4.06. The first-order valence-electron chi connectivity index (χ1n) is 9.33. The summed E-state index contributed by atoms with van der Waals surface area (Å²) in [7, 11) is 0. The maximum Gasteiger partial charge on any atom is 0.129 e. The second-order valence-corrected chi connectivity index (χ2v) is 8.94. The highest BCUT2D eigenvalue weighted by molar-refractivity contribution is 8.05. The van der Waals surface area contributed by atoms with Crippen molar-refractivity contribution in [2.75, 3.05) is 11.5 Å². The van der Waals surface area contributed by atoms with Gasteiger partial charge in [-0.1, -0.05) is 35.7 Å². The van der Waals surface area contributed by atoms with E-state index in [1.807, 2.05) is 60.7 Å². The molecule has 0 aromatic heterocycles. The van der Waals surface area contributed by atoms with Crippen LogP contribution in [0.3, 0.4) is 0 Å². The van der Waals surface area contributed by atoms with E-state index < -0.39 is 0 Å². The van der Waals surface area contributed by atoms with Crippen molar-refractivity contribution in [2.45, 2.75) is 19.6 Å². The van der Waals surface area contributed by atoms with Crippen LogP contribution in [0.15, 0.2) is 105 Å². The van der Waals surface area contributed by atoms with Gasteiger partial charge in [-0.3, -0.25) is 0 Å². The number of nitrogen functional groups attached to an aromatic ring is 2. The zero-order valence-corrected chi connectivity index (χ0v) is 17.5. The van der Waals surface area contributed by atoms with E-state index in [0.29, 0.717) is 11.4 Å². The van der Waals surface area contributed by atoms with Crippen molar-refractivity contribution in [3.05, 3.63) is 84.9 Å². The van der Waals surface area contributed by atoms with Crippen molar-refractivity contribution in [1.82, 2.24) is 0 Å². The quantitative estimate of drug-likeness (QED) is 0.298. The van der Waals surface area contributed by atoms with E-state index in [9.17, 15) is 0 Å². The summed E-state index contributed by atoms with van der Waals surface area (Å²) in [5.41, 5.74) is 13.0. The van der Waals surface area contributed by atoms with Gasteiger partial charge in [-0.15, -0.1) is 0 Å². The van der Waals surface area contributed by atoms with Gasteiger partial charge in [-0.2, -0.15) is 0 Å². The molecule has 5 rings (SSSR count). The number of hydrogen-bond acceptors (Lipinski definition) is 6. The monoisotopic (exact) mass is 430 g/mol. The topological polar surface area (TPSA) is 70.5 Å². The van der Waals surface area contributed by atoms with E-state index in [-0.39, 0.29) is 0 Å². The lowest BCUT2D eigenvalue weighted by Gasteiger charge is -2.20. The van der Waals surface area contributed by atoms with Crippen LogP contribution >= 0.6 is 23.5 Å². The molecule has 0 saturated heterocycles. The molecule has 6 heteroatoms. The second kappa shape index (κ2) is 7.89. The summed E-state index contributed by atoms with van der Waals surface area (Å²) in [4.78, 5) is 4.71. The van der Waals surface area contributed by atoms with Gasteiger partial charge in [0.25, 0.3) is 0 Å². The van der Waals surface area contributed by atoms with Crippen LogP contribution in [0.1, 0.15) is 0 Å².